The Morgan fingerprint density at radius 3 is 2.54 bits per heavy atom. The summed E-state index contributed by atoms with van der Waals surface area (Å²) in [5, 5.41) is 9.51. The molecule has 0 saturated carbocycles. The van der Waals surface area contributed by atoms with Crippen molar-refractivity contribution in [3.8, 4) is 11.3 Å². The van der Waals surface area contributed by atoms with Crippen molar-refractivity contribution in [3.63, 3.8) is 0 Å². The number of rotatable bonds is 4. The van der Waals surface area contributed by atoms with Crippen LogP contribution in [-0.4, -0.2) is 20.7 Å². The summed E-state index contributed by atoms with van der Waals surface area (Å²) in [5.41, 5.74) is 4.54. The summed E-state index contributed by atoms with van der Waals surface area (Å²) in [6.07, 6.45) is 0. The number of carbonyl (C=O) groups is 1. The second-order valence-electron chi connectivity index (χ2n) is 6.06. The molecule has 0 spiro atoms. The van der Waals surface area contributed by atoms with Gasteiger partial charge in [-0.2, -0.15) is 5.10 Å². The molecular formula is C18H20N4OS. The molecule has 0 unspecified atom stereocenters. The molecule has 0 fully saturated rings. The zero-order valence-corrected chi connectivity index (χ0v) is 15.0. The van der Waals surface area contributed by atoms with E-state index in [0.29, 0.717) is 16.7 Å². The lowest BCUT2D eigenvalue weighted by Crippen LogP contribution is -2.12. The van der Waals surface area contributed by atoms with Crippen LogP contribution in [0.3, 0.4) is 0 Å². The predicted octanol–water partition coefficient (Wildman–Crippen LogP) is 4.23. The van der Waals surface area contributed by atoms with E-state index in [2.05, 4.69) is 53.5 Å². The minimum absolute atomic E-state index is 0.241. The van der Waals surface area contributed by atoms with E-state index in [1.807, 2.05) is 19.4 Å². The van der Waals surface area contributed by atoms with Crippen LogP contribution in [0.1, 0.15) is 41.5 Å². The maximum atomic E-state index is 12.2. The maximum absolute atomic E-state index is 12.2. The van der Waals surface area contributed by atoms with Gasteiger partial charge in [0.15, 0.2) is 10.8 Å². The first-order valence-corrected chi connectivity index (χ1v) is 8.70. The first-order valence-electron chi connectivity index (χ1n) is 7.82. The molecule has 0 bridgehead atoms. The average Bonchev–Trinajstić information content (AvgIpc) is 3.15. The smallest absolute Gasteiger partial charge is 0.277 e. The number of hydrogen-bond donors (Lipinski definition) is 1. The lowest BCUT2D eigenvalue weighted by atomic mass is 10.0. The summed E-state index contributed by atoms with van der Waals surface area (Å²) >= 11 is 1.41. The Morgan fingerprint density at radius 1 is 1.25 bits per heavy atom. The number of carbonyl (C=O) groups excluding carboxylic acids is 1. The van der Waals surface area contributed by atoms with E-state index in [1.165, 1.54) is 16.9 Å². The Bertz CT molecular complexity index is 842. The van der Waals surface area contributed by atoms with Crippen molar-refractivity contribution in [1.82, 2.24) is 14.8 Å². The monoisotopic (exact) mass is 340 g/mol. The molecule has 0 radical (unpaired) electrons. The third-order valence-electron chi connectivity index (χ3n) is 3.94. The molecule has 2 heterocycles. The molecule has 0 aliphatic heterocycles. The molecule has 1 aromatic carbocycles. The molecular weight excluding hydrogens is 320 g/mol. The number of benzene rings is 1. The Kier molecular flexibility index (Phi) is 4.49. The highest BCUT2D eigenvalue weighted by atomic mass is 32.1. The summed E-state index contributed by atoms with van der Waals surface area (Å²) < 4.78 is 1.68. The van der Waals surface area contributed by atoms with E-state index >= 15 is 0 Å². The van der Waals surface area contributed by atoms with Crippen LogP contribution < -0.4 is 5.32 Å². The molecule has 2 aromatic heterocycles. The third kappa shape index (κ3) is 3.38. The number of nitrogens with zero attached hydrogens (tertiary/aromatic N) is 3. The zero-order valence-electron chi connectivity index (χ0n) is 14.2. The Balaban J connectivity index is 1.74. The van der Waals surface area contributed by atoms with E-state index in [1.54, 1.807) is 10.7 Å². The van der Waals surface area contributed by atoms with Gasteiger partial charge in [-0.15, -0.1) is 11.3 Å². The molecule has 1 amide bonds. The molecule has 5 nitrogen and oxygen atoms in total. The van der Waals surface area contributed by atoms with E-state index in [4.69, 9.17) is 0 Å². The normalized spacial score (nSPS) is 11.0. The van der Waals surface area contributed by atoms with E-state index in [9.17, 15) is 4.79 Å². The van der Waals surface area contributed by atoms with Crippen LogP contribution >= 0.6 is 11.3 Å². The largest absolute Gasteiger partial charge is 0.296 e. The predicted molar refractivity (Wildman–Crippen MR) is 97.5 cm³/mol. The lowest BCUT2D eigenvalue weighted by molar-refractivity contribution is 0.102. The summed E-state index contributed by atoms with van der Waals surface area (Å²) in [5.74, 6) is 0.265. The first kappa shape index (κ1) is 16.4. The molecule has 0 saturated heterocycles. The van der Waals surface area contributed by atoms with Crippen molar-refractivity contribution in [3.05, 3.63) is 52.7 Å². The van der Waals surface area contributed by atoms with E-state index in [-0.39, 0.29) is 5.91 Å². The highest BCUT2D eigenvalue weighted by Gasteiger charge is 2.13. The van der Waals surface area contributed by atoms with Crippen molar-refractivity contribution in [2.24, 2.45) is 7.05 Å². The molecule has 124 valence electrons. The fraction of sp³-hybridized carbons (Fsp3) is 0.278. The van der Waals surface area contributed by atoms with Gasteiger partial charge in [-0.05, 0) is 24.5 Å². The number of thiazole rings is 1. The third-order valence-corrected chi connectivity index (χ3v) is 4.70. The van der Waals surface area contributed by atoms with Gasteiger partial charge in [-0.25, -0.2) is 4.98 Å². The fourth-order valence-corrected chi connectivity index (χ4v) is 3.05. The van der Waals surface area contributed by atoms with Crippen molar-refractivity contribution in [2.75, 3.05) is 5.32 Å². The van der Waals surface area contributed by atoms with Gasteiger partial charge in [0.1, 0.15) is 0 Å². The molecule has 3 aromatic rings. The van der Waals surface area contributed by atoms with Gasteiger partial charge < -0.3 is 0 Å². The SMILES string of the molecule is Cc1cc(C(=O)Nc2nc(-c3ccc(C(C)C)cc3)cs2)nn1C. The summed E-state index contributed by atoms with van der Waals surface area (Å²) in [6, 6.07) is 10.1. The molecule has 1 N–H and O–H groups in total. The lowest BCUT2D eigenvalue weighted by Gasteiger charge is -2.05. The van der Waals surface area contributed by atoms with Crippen LogP contribution in [0, 0.1) is 6.92 Å². The minimum atomic E-state index is -0.241. The van der Waals surface area contributed by atoms with E-state index < -0.39 is 0 Å². The van der Waals surface area contributed by atoms with Gasteiger partial charge in [0.05, 0.1) is 5.69 Å². The zero-order chi connectivity index (χ0) is 17.3. The summed E-state index contributed by atoms with van der Waals surface area (Å²) in [7, 11) is 1.81. The van der Waals surface area contributed by atoms with Gasteiger partial charge in [-0.1, -0.05) is 38.1 Å². The van der Waals surface area contributed by atoms with Crippen LogP contribution in [0.15, 0.2) is 35.7 Å². The van der Waals surface area contributed by atoms with Crippen LogP contribution in [0.2, 0.25) is 0 Å². The maximum Gasteiger partial charge on any atom is 0.277 e. The van der Waals surface area contributed by atoms with Crippen molar-refractivity contribution in [1.29, 1.82) is 0 Å². The molecule has 0 aliphatic carbocycles. The standard InChI is InChI=1S/C18H20N4OS/c1-11(2)13-5-7-14(8-6-13)16-10-24-18(19-16)20-17(23)15-9-12(3)22(4)21-15/h5-11H,1-4H3,(H,19,20,23). The molecule has 0 aliphatic rings. The van der Waals surface area contributed by atoms with Gasteiger partial charge in [0.25, 0.3) is 5.91 Å². The number of aryl methyl sites for hydroxylation is 2. The summed E-state index contributed by atoms with van der Waals surface area (Å²) in [4.78, 5) is 16.7. The van der Waals surface area contributed by atoms with Gasteiger partial charge in [0, 0.05) is 23.7 Å². The number of aromatic nitrogens is 3. The number of hydrogen-bond acceptors (Lipinski definition) is 4. The molecule has 3 rings (SSSR count). The average molecular weight is 340 g/mol. The Hall–Kier alpha value is -2.47. The minimum Gasteiger partial charge on any atom is -0.296 e. The molecule has 24 heavy (non-hydrogen) atoms. The Labute approximate surface area is 145 Å². The van der Waals surface area contributed by atoms with Gasteiger partial charge in [-0.3, -0.25) is 14.8 Å². The second kappa shape index (κ2) is 6.57. The highest BCUT2D eigenvalue weighted by molar-refractivity contribution is 7.14. The second-order valence-corrected chi connectivity index (χ2v) is 6.92. The fourth-order valence-electron chi connectivity index (χ4n) is 2.34. The van der Waals surface area contributed by atoms with Crippen molar-refractivity contribution < 1.29 is 4.79 Å². The quantitative estimate of drug-likeness (QED) is 0.773. The van der Waals surface area contributed by atoms with Gasteiger partial charge in [0.2, 0.25) is 0 Å². The number of amides is 1. The van der Waals surface area contributed by atoms with Crippen LogP contribution in [0.25, 0.3) is 11.3 Å². The van der Waals surface area contributed by atoms with Crippen LogP contribution in [-0.2, 0) is 7.05 Å². The van der Waals surface area contributed by atoms with E-state index in [0.717, 1.165) is 17.0 Å². The number of nitrogens with one attached hydrogen (secondary N) is 1. The molecule has 6 heteroatoms. The van der Waals surface area contributed by atoms with Crippen LogP contribution in [0.4, 0.5) is 5.13 Å². The molecule has 0 atom stereocenters. The van der Waals surface area contributed by atoms with Gasteiger partial charge >= 0.3 is 0 Å². The van der Waals surface area contributed by atoms with Crippen molar-refractivity contribution >= 4 is 22.4 Å². The first-order chi connectivity index (χ1) is 11.4. The number of anilines is 1. The van der Waals surface area contributed by atoms with Crippen molar-refractivity contribution in [2.45, 2.75) is 26.7 Å². The van der Waals surface area contributed by atoms with Crippen LogP contribution in [0.5, 0.6) is 0 Å². The Morgan fingerprint density at radius 2 is 1.96 bits per heavy atom. The topological polar surface area (TPSA) is 59.8 Å². The summed E-state index contributed by atoms with van der Waals surface area (Å²) in [6.45, 7) is 6.25. The highest BCUT2D eigenvalue weighted by Crippen LogP contribution is 2.26.